The summed E-state index contributed by atoms with van der Waals surface area (Å²) in [6, 6.07) is 5.28. The maximum Gasteiger partial charge on any atom is 0.241 e. The fourth-order valence-corrected chi connectivity index (χ4v) is 2.27. The molecule has 0 amide bonds. The van der Waals surface area contributed by atoms with E-state index in [1.165, 1.54) is 7.11 Å². The summed E-state index contributed by atoms with van der Waals surface area (Å²) in [5, 5.41) is 8.23. The summed E-state index contributed by atoms with van der Waals surface area (Å²) < 4.78 is 27.8. The molecule has 1 atom stereocenters. The average molecular weight is 258 g/mol. The highest BCUT2D eigenvalue weighted by Gasteiger charge is 2.15. The van der Waals surface area contributed by atoms with Gasteiger partial charge in [-0.2, -0.15) is 0 Å². The van der Waals surface area contributed by atoms with Crippen LogP contribution in [0.25, 0.3) is 0 Å². The maximum absolute atomic E-state index is 11.4. The molecule has 96 valence electrons. The zero-order valence-corrected chi connectivity index (χ0v) is 11.0. The first kappa shape index (κ1) is 14.0. The number of hydrogen-bond donors (Lipinski definition) is 2. The maximum atomic E-state index is 11.4. The van der Waals surface area contributed by atoms with Crippen molar-refractivity contribution >= 4 is 10.0 Å². The van der Waals surface area contributed by atoms with Crippen molar-refractivity contribution in [1.82, 2.24) is 5.32 Å². The van der Waals surface area contributed by atoms with Gasteiger partial charge in [-0.25, -0.2) is 13.6 Å². The smallest absolute Gasteiger partial charge is 0.241 e. The summed E-state index contributed by atoms with van der Waals surface area (Å²) in [5.41, 5.74) is 0.900. The van der Waals surface area contributed by atoms with Crippen LogP contribution in [0.5, 0.6) is 5.75 Å². The van der Waals surface area contributed by atoms with E-state index < -0.39 is 10.0 Å². The summed E-state index contributed by atoms with van der Waals surface area (Å²) in [4.78, 5) is 0.0285. The Hall–Kier alpha value is -1.11. The minimum atomic E-state index is -3.76. The van der Waals surface area contributed by atoms with Gasteiger partial charge in [-0.15, -0.1) is 0 Å². The first-order valence-corrected chi connectivity index (χ1v) is 6.80. The van der Waals surface area contributed by atoms with Crippen LogP contribution in [-0.4, -0.2) is 28.6 Å². The first-order valence-electron chi connectivity index (χ1n) is 5.25. The molecule has 1 rings (SSSR count). The Labute approximate surface area is 102 Å². The lowest BCUT2D eigenvalue weighted by Gasteiger charge is -2.12. The molecule has 0 aliphatic carbocycles. The quantitative estimate of drug-likeness (QED) is 0.805. The molecule has 0 aromatic heterocycles. The molecule has 5 nitrogen and oxygen atoms in total. The number of rotatable bonds is 5. The van der Waals surface area contributed by atoms with Gasteiger partial charge in [0, 0.05) is 6.04 Å². The molecule has 1 unspecified atom stereocenters. The minimum Gasteiger partial charge on any atom is -0.495 e. The number of methoxy groups -OCH3 is 1. The van der Waals surface area contributed by atoms with E-state index in [0.717, 1.165) is 12.0 Å². The highest BCUT2D eigenvalue weighted by atomic mass is 32.2. The lowest BCUT2D eigenvalue weighted by molar-refractivity contribution is 0.402. The van der Waals surface area contributed by atoms with E-state index in [-0.39, 0.29) is 16.7 Å². The number of nitrogens with one attached hydrogen (secondary N) is 1. The highest BCUT2D eigenvalue weighted by molar-refractivity contribution is 7.89. The van der Waals surface area contributed by atoms with Crippen LogP contribution in [-0.2, 0) is 16.4 Å². The first-order chi connectivity index (χ1) is 7.88. The zero-order valence-electron chi connectivity index (χ0n) is 10.2. The van der Waals surface area contributed by atoms with Crippen LogP contribution in [0, 0.1) is 0 Å². The molecule has 6 heteroatoms. The third kappa shape index (κ3) is 3.69. The van der Waals surface area contributed by atoms with E-state index in [1.807, 2.05) is 20.0 Å². The van der Waals surface area contributed by atoms with Crippen molar-refractivity contribution in [2.75, 3.05) is 14.2 Å². The minimum absolute atomic E-state index is 0.0285. The Morgan fingerprint density at radius 3 is 2.59 bits per heavy atom. The number of primary sulfonamides is 1. The van der Waals surface area contributed by atoms with Crippen molar-refractivity contribution in [3.05, 3.63) is 23.8 Å². The number of ether oxygens (including phenoxy) is 1. The SMILES string of the molecule is CNC(C)Cc1ccc(OC)c(S(N)(=O)=O)c1. The summed E-state index contributed by atoms with van der Waals surface area (Å²) >= 11 is 0. The predicted octanol–water partition coefficient (Wildman–Crippen LogP) is 0.493. The molecule has 0 aliphatic heterocycles. The molecular weight excluding hydrogens is 240 g/mol. The largest absolute Gasteiger partial charge is 0.495 e. The van der Waals surface area contributed by atoms with Gasteiger partial charge >= 0.3 is 0 Å². The molecular formula is C11H18N2O3S. The molecule has 17 heavy (non-hydrogen) atoms. The number of sulfonamides is 1. The van der Waals surface area contributed by atoms with Gasteiger partial charge in [-0.3, -0.25) is 0 Å². The monoisotopic (exact) mass is 258 g/mol. The lowest BCUT2D eigenvalue weighted by atomic mass is 10.1. The third-order valence-corrected chi connectivity index (χ3v) is 3.50. The van der Waals surface area contributed by atoms with Crippen LogP contribution in [0.2, 0.25) is 0 Å². The molecule has 0 saturated heterocycles. The number of hydrogen-bond acceptors (Lipinski definition) is 4. The summed E-state index contributed by atoms with van der Waals surface area (Å²) in [6.45, 7) is 2.01. The lowest BCUT2D eigenvalue weighted by Crippen LogP contribution is -2.23. The molecule has 0 bridgehead atoms. The van der Waals surface area contributed by atoms with Crippen LogP contribution in [0.4, 0.5) is 0 Å². The van der Waals surface area contributed by atoms with Gasteiger partial charge in [0.05, 0.1) is 7.11 Å². The van der Waals surface area contributed by atoms with E-state index in [4.69, 9.17) is 9.88 Å². The van der Waals surface area contributed by atoms with Crippen LogP contribution in [0.1, 0.15) is 12.5 Å². The van der Waals surface area contributed by atoms with E-state index in [1.54, 1.807) is 12.1 Å². The third-order valence-electron chi connectivity index (χ3n) is 2.57. The van der Waals surface area contributed by atoms with Crippen molar-refractivity contribution < 1.29 is 13.2 Å². The van der Waals surface area contributed by atoms with Gasteiger partial charge in [0.15, 0.2) is 0 Å². The number of likely N-dealkylation sites (N-methyl/N-ethyl adjacent to an activating group) is 1. The summed E-state index contributed by atoms with van der Waals surface area (Å²) in [7, 11) is -0.483. The molecule has 3 N–H and O–H groups in total. The Kier molecular flexibility index (Phi) is 4.50. The topological polar surface area (TPSA) is 81.4 Å². The van der Waals surface area contributed by atoms with Gasteiger partial charge in [-0.05, 0) is 38.1 Å². The van der Waals surface area contributed by atoms with Crippen molar-refractivity contribution in [3.8, 4) is 5.75 Å². The molecule has 0 spiro atoms. The molecule has 0 aliphatic rings. The molecule has 0 saturated carbocycles. The molecule has 0 radical (unpaired) electrons. The Morgan fingerprint density at radius 2 is 2.12 bits per heavy atom. The van der Waals surface area contributed by atoms with Gasteiger partial charge in [0.1, 0.15) is 10.6 Å². The standard InChI is InChI=1S/C11H18N2O3S/c1-8(13-2)6-9-4-5-10(16-3)11(7-9)17(12,14)15/h4-5,7-8,13H,6H2,1-3H3,(H2,12,14,15). The highest BCUT2D eigenvalue weighted by Crippen LogP contribution is 2.24. The zero-order chi connectivity index (χ0) is 13.1. The van der Waals surface area contributed by atoms with Crippen LogP contribution in [0.3, 0.4) is 0 Å². The fourth-order valence-electron chi connectivity index (χ4n) is 1.53. The Bertz CT molecular complexity index is 485. The van der Waals surface area contributed by atoms with Crippen molar-refractivity contribution in [2.45, 2.75) is 24.3 Å². The van der Waals surface area contributed by atoms with Crippen LogP contribution >= 0.6 is 0 Å². The van der Waals surface area contributed by atoms with E-state index in [2.05, 4.69) is 5.32 Å². The summed E-state index contributed by atoms with van der Waals surface area (Å²) in [5.74, 6) is 0.272. The Morgan fingerprint density at radius 1 is 1.47 bits per heavy atom. The second-order valence-electron chi connectivity index (χ2n) is 3.92. The van der Waals surface area contributed by atoms with E-state index >= 15 is 0 Å². The average Bonchev–Trinajstić information content (AvgIpc) is 2.27. The normalized spacial score (nSPS) is 13.4. The van der Waals surface area contributed by atoms with Gasteiger partial charge in [-0.1, -0.05) is 6.07 Å². The van der Waals surface area contributed by atoms with Crippen LogP contribution < -0.4 is 15.2 Å². The van der Waals surface area contributed by atoms with E-state index in [9.17, 15) is 8.42 Å². The van der Waals surface area contributed by atoms with Gasteiger partial charge in [0.25, 0.3) is 0 Å². The molecule has 1 aromatic carbocycles. The molecule has 0 fully saturated rings. The van der Waals surface area contributed by atoms with E-state index in [0.29, 0.717) is 0 Å². The van der Waals surface area contributed by atoms with Crippen molar-refractivity contribution in [3.63, 3.8) is 0 Å². The van der Waals surface area contributed by atoms with Gasteiger partial charge in [0.2, 0.25) is 10.0 Å². The molecule has 0 heterocycles. The molecule has 1 aromatic rings. The summed E-state index contributed by atoms with van der Waals surface area (Å²) in [6.07, 6.45) is 0.725. The fraction of sp³-hybridized carbons (Fsp3) is 0.455. The Balaban J connectivity index is 3.14. The van der Waals surface area contributed by atoms with Crippen LogP contribution in [0.15, 0.2) is 23.1 Å². The van der Waals surface area contributed by atoms with Crippen molar-refractivity contribution in [1.29, 1.82) is 0 Å². The number of benzene rings is 1. The van der Waals surface area contributed by atoms with Crippen molar-refractivity contribution in [2.24, 2.45) is 5.14 Å². The second kappa shape index (κ2) is 5.48. The predicted molar refractivity (Wildman–Crippen MR) is 66.6 cm³/mol. The van der Waals surface area contributed by atoms with Gasteiger partial charge < -0.3 is 10.1 Å². The number of nitrogens with two attached hydrogens (primary N) is 1. The second-order valence-corrected chi connectivity index (χ2v) is 5.45.